The summed E-state index contributed by atoms with van der Waals surface area (Å²) in [6.07, 6.45) is 6.89. The van der Waals surface area contributed by atoms with Gasteiger partial charge >= 0.3 is 0 Å². The SMILES string of the molecule is C=C(C)Cn1nnc(C=O)c1C1CCCCC1. The van der Waals surface area contributed by atoms with E-state index in [2.05, 4.69) is 16.9 Å². The van der Waals surface area contributed by atoms with E-state index in [1.165, 1.54) is 19.3 Å². The van der Waals surface area contributed by atoms with Gasteiger partial charge in [-0.2, -0.15) is 0 Å². The number of rotatable bonds is 4. The Morgan fingerprint density at radius 2 is 2.18 bits per heavy atom. The summed E-state index contributed by atoms with van der Waals surface area (Å²) in [7, 11) is 0. The van der Waals surface area contributed by atoms with Crippen molar-refractivity contribution < 1.29 is 4.79 Å². The predicted octanol–water partition coefficient (Wildman–Crippen LogP) is 2.71. The molecule has 1 aromatic heterocycles. The molecule has 0 unspecified atom stereocenters. The zero-order valence-corrected chi connectivity index (χ0v) is 10.4. The second-order valence-corrected chi connectivity index (χ2v) is 4.93. The van der Waals surface area contributed by atoms with E-state index in [9.17, 15) is 4.79 Å². The lowest BCUT2D eigenvalue weighted by atomic mass is 9.86. The van der Waals surface area contributed by atoms with Crippen molar-refractivity contribution >= 4 is 6.29 Å². The third kappa shape index (κ3) is 2.62. The summed E-state index contributed by atoms with van der Waals surface area (Å²) in [5, 5.41) is 8.04. The van der Waals surface area contributed by atoms with Crippen LogP contribution in [0.4, 0.5) is 0 Å². The maximum Gasteiger partial charge on any atom is 0.172 e. The van der Waals surface area contributed by atoms with E-state index in [1.807, 2.05) is 11.6 Å². The monoisotopic (exact) mass is 233 g/mol. The predicted molar refractivity (Wildman–Crippen MR) is 66.0 cm³/mol. The molecule has 4 nitrogen and oxygen atoms in total. The molecule has 1 aromatic rings. The fraction of sp³-hybridized carbons (Fsp3) is 0.615. The van der Waals surface area contributed by atoms with Gasteiger partial charge in [0.25, 0.3) is 0 Å². The highest BCUT2D eigenvalue weighted by Gasteiger charge is 2.24. The van der Waals surface area contributed by atoms with Crippen molar-refractivity contribution in [1.29, 1.82) is 0 Å². The van der Waals surface area contributed by atoms with Crippen molar-refractivity contribution in [1.82, 2.24) is 15.0 Å². The van der Waals surface area contributed by atoms with Crippen LogP contribution in [0.3, 0.4) is 0 Å². The molecule has 1 heterocycles. The summed E-state index contributed by atoms with van der Waals surface area (Å²) in [5.41, 5.74) is 2.56. The van der Waals surface area contributed by atoms with Crippen LogP contribution in [-0.4, -0.2) is 21.3 Å². The summed E-state index contributed by atoms with van der Waals surface area (Å²) in [6.45, 7) is 6.52. The smallest absolute Gasteiger partial charge is 0.172 e. The van der Waals surface area contributed by atoms with Crippen molar-refractivity contribution in [3.63, 3.8) is 0 Å². The van der Waals surface area contributed by atoms with Gasteiger partial charge in [-0.1, -0.05) is 36.6 Å². The van der Waals surface area contributed by atoms with Crippen LogP contribution in [0.5, 0.6) is 0 Å². The Morgan fingerprint density at radius 1 is 1.47 bits per heavy atom. The standard InChI is InChI=1S/C13H19N3O/c1-10(2)8-16-13(12(9-17)14-15-16)11-6-4-3-5-7-11/h9,11H,1,3-8H2,2H3. The van der Waals surface area contributed by atoms with E-state index in [-0.39, 0.29) is 0 Å². The normalized spacial score (nSPS) is 17.0. The topological polar surface area (TPSA) is 47.8 Å². The minimum absolute atomic E-state index is 0.443. The molecule has 0 N–H and O–H groups in total. The number of aldehydes is 1. The molecule has 1 fully saturated rings. The molecule has 1 saturated carbocycles. The number of carbonyl (C=O) groups excluding carboxylic acids is 1. The second-order valence-electron chi connectivity index (χ2n) is 4.93. The van der Waals surface area contributed by atoms with Gasteiger partial charge in [-0.3, -0.25) is 4.79 Å². The third-order valence-electron chi connectivity index (χ3n) is 3.32. The van der Waals surface area contributed by atoms with Crippen LogP contribution >= 0.6 is 0 Å². The lowest BCUT2D eigenvalue weighted by Crippen LogP contribution is -2.14. The maximum atomic E-state index is 11.0. The van der Waals surface area contributed by atoms with Gasteiger partial charge in [-0.05, 0) is 19.8 Å². The highest BCUT2D eigenvalue weighted by atomic mass is 16.1. The minimum atomic E-state index is 0.443. The van der Waals surface area contributed by atoms with Crippen LogP contribution in [-0.2, 0) is 6.54 Å². The van der Waals surface area contributed by atoms with E-state index in [4.69, 9.17) is 0 Å². The first-order chi connectivity index (χ1) is 8.22. The average molecular weight is 233 g/mol. The van der Waals surface area contributed by atoms with Crippen LogP contribution in [0.25, 0.3) is 0 Å². The van der Waals surface area contributed by atoms with Gasteiger partial charge in [-0.15, -0.1) is 5.10 Å². The van der Waals surface area contributed by atoms with Crippen LogP contribution in [0.1, 0.15) is 61.1 Å². The largest absolute Gasteiger partial charge is 0.296 e. The molecular formula is C13H19N3O. The van der Waals surface area contributed by atoms with Crippen LogP contribution in [0.2, 0.25) is 0 Å². The molecule has 0 spiro atoms. The molecule has 17 heavy (non-hydrogen) atoms. The number of nitrogens with zero attached hydrogens (tertiary/aromatic N) is 3. The van der Waals surface area contributed by atoms with Crippen LogP contribution < -0.4 is 0 Å². The van der Waals surface area contributed by atoms with E-state index in [0.717, 1.165) is 30.4 Å². The lowest BCUT2D eigenvalue weighted by Gasteiger charge is -2.22. The molecule has 0 bridgehead atoms. The number of hydrogen-bond acceptors (Lipinski definition) is 3. The fourth-order valence-corrected chi connectivity index (χ4v) is 2.59. The Bertz CT molecular complexity index is 416. The molecule has 0 saturated heterocycles. The Morgan fingerprint density at radius 3 is 2.76 bits per heavy atom. The van der Waals surface area contributed by atoms with Crippen molar-refractivity contribution in [2.24, 2.45) is 0 Å². The van der Waals surface area contributed by atoms with Gasteiger partial charge in [0.15, 0.2) is 6.29 Å². The highest BCUT2D eigenvalue weighted by Crippen LogP contribution is 2.33. The van der Waals surface area contributed by atoms with Gasteiger partial charge in [0.05, 0.1) is 12.2 Å². The maximum absolute atomic E-state index is 11.0. The molecule has 0 radical (unpaired) electrons. The quantitative estimate of drug-likeness (QED) is 0.593. The van der Waals surface area contributed by atoms with E-state index >= 15 is 0 Å². The molecule has 4 heteroatoms. The number of hydrogen-bond donors (Lipinski definition) is 0. The molecule has 0 amide bonds. The molecule has 2 rings (SSSR count). The summed E-state index contributed by atoms with van der Waals surface area (Å²) < 4.78 is 1.85. The first-order valence-corrected chi connectivity index (χ1v) is 6.25. The zero-order chi connectivity index (χ0) is 12.3. The fourth-order valence-electron chi connectivity index (χ4n) is 2.59. The third-order valence-corrected chi connectivity index (χ3v) is 3.32. The number of carbonyl (C=O) groups is 1. The molecule has 0 atom stereocenters. The van der Waals surface area contributed by atoms with Crippen LogP contribution in [0.15, 0.2) is 12.2 Å². The van der Waals surface area contributed by atoms with E-state index < -0.39 is 0 Å². The van der Waals surface area contributed by atoms with E-state index in [1.54, 1.807) is 0 Å². The molecule has 0 aromatic carbocycles. The summed E-state index contributed by atoms with van der Waals surface area (Å²) in [6, 6.07) is 0. The summed E-state index contributed by atoms with van der Waals surface area (Å²) in [4.78, 5) is 11.0. The van der Waals surface area contributed by atoms with Gasteiger partial charge < -0.3 is 0 Å². The first kappa shape index (κ1) is 12.0. The summed E-state index contributed by atoms with van der Waals surface area (Å²) >= 11 is 0. The van der Waals surface area contributed by atoms with Crippen molar-refractivity contribution in [3.05, 3.63) is 23.5 Å². The highest BCUT2D eigenvalue weighted by molar-refractivity contribution is 5.73. The zero-order valence-electron chi connectivity index (χ0n) is 10.4. The number of aromatic nitrogens is 3. The first-order valence-electron chi connectivity index (χ1n) is 6.25. The van der Waals surface area contributed by atoms with E-state index in [0.29, 0.717) is 18.2 Å². The minimum Gasteiger partial charge on any atom is -0.296 e. The molecular weight excluding hydrogens is 214 g/mol. The van der Waals surface area contributed by atoms with Crippen molar-refractivity contribution in [2.45, 2.75) is 51.5 Å². The van der Waals surface area contributed by atoms with Crippen molar-refractivity contribution in [3.8, 4) is 0 Å². The second kappa shape index (κ2) is 5.25. The molecule has 92 valence electrons. The van der Waals surface area contributed by atoms with Crippen molar-refractivity contribution in [2.75, 3.05) is 0 Å². The van der Waals surface area contributed by atoms with Gasteiger partial charge in [0.1, 0.15) is 5.69 Å². The van der Waals surface area contributed by atoms with Crippen LogP contribution in [0, 0.1) is 0 Å². The Labute approximate surface area is 102 Å². The molecule has 1 aliphatic rings. The Kier molecular flexibility index (Phi) is 3.71. The van der Waals surface area contributed by atoms with Gasteiger partial charge in [0.2, 0.25) is 0 Å². The van der Waals surface area contributed by atoms with Gasteiger partial charge in [-0.25, -0.2) is 4.68 Å². The lowest BCUT2D eigenvalue weighted by molar-refractivity contribution is 0.111. The summed E-state index contributed by atoms with van der Waals surface area (Å²) in [5.74, 6) is 0.443. The molecule has 1 aliphatic carbocycles. The van der Waals surface area contributed by atoms with Gasteiger partial charge in [0, 0.05) is 5.92 Å². The average Bonchev–Trinajstić information content (AvgIpc) is 2.72. The Hall–Kier alpha value is -1.45. The molecule has 0 aliphatic heterocycles. The number of allylic oxidation sites excluding steroid dienone is 1. The Balaban J connectivity index is 2.30.